The maximum absolute atomic E-state index is 12.9. The van der Waals surface area contributed by atoms with E-state index in [1.165, 1.54) is 12.2 Å². The number of hydrogen-bond acceptors (Lipinski definition) is 5. The van der Waals surface area contributed by atoms with Crippen molar-refractivity contribution in [3.05, 3.63) is 23.3 Å². The van der Waals surface area contributed by atoms with Gasteiger partial charge in [-0.25, -0.2) is 0 Å². The second-order valence-corrected chi connectivity index (χ2v) is 9.07. The number of allylic oxidation sites excluding steroid dienone is 2. The predicted octanol–water partition coefficient (Wildman–Crippen LogP) is 2.00. The number of fused-ring (bicyclic) bond motifs is 2. The second kappa shape index (κ2) is 4.75. The Labute approximate surface area is 151 Å². The van der Waals surface area contributed by atoms with E-state index in [9.17, 15) is 14.4 Å². The summed E-state index contributed by atoms with van der Waals surface area (Å²) in [6, 6.07) is 0. The van der Waals surface area contributed by atoms with Crippen LogP contribution in [0.1, 0.15) is 32.6 Å². The summed E-state index contributed by atoms with van der Waals surface area (Å²) in [7, 11) is 0. The number of ketones is 2. The van der Waals surface area contributed by atoms with Crippen LogP contribution in [0.25, 0.3) is 0 Å². The molecule has 6 aliphatic rings. The van der Waals surface area contributed by atoms with E-state index in [-0.39, 0.29) is 40.9 Å². The number of carbonyl (C=O) groups excluding carboxylic acids is 3. The lowest BCUT2D eigenvalue weighted by atomic mass is 9.48. The Morgan fingerprint density at radius 1 is 1.04 bits per heavy atom. The molecule has 5 heteroatoms. The molecule has 0 aromatic rings. The van der Waals surface area contributed by atoms with Crippen molar-refractivity contribution < 1.29 is 23.9 Å². The first-order valence-electron chi connectivity index (χ1n) is 9.87. The molecular formula is C21H22O5. The standard InChI is InChI=1S/C21H22O5/c1-9-8-25-19-16-14(23)5-4-13(22)15(16)18-17-11(20(24)26-18)2-3-12-10(9)6-7-21(12,17)19/h4-5,9-12,17-19H,2-3,6-8H2,1H3/t9-,10-,11-,12-,17+,18+,19-,21-/m0/s1. The molecule has 8 atom stereocenters. The highest BCUT2D eigenvalue weighted by Gasteiger charge is 2.72. The van der Waals surface area contributed by atoms with Crippen molar-refractivity contribution in [3.8, 4) is 0 Å². The molecule has 0 aromatic carbocycles. The third kappa shape index (κ3) is 1.52. The minimum Gasteiger partial charge on any atom is -0.457 e. The Kier molecular flexibility index (Phi) is 2.80. The lowest BCUT2D eigenvalue weighted by Gasteiger charge is -2.55. The summed E-state index contributed by atoms with van der Waals surface area (Å²) in [4.78, 5) is 38.2. The van der Waals surface area contributed by atoms with E-state index in [2.05, 4.69) is 6.92 Å². The average Bonchev–Trinajstić information content (AvgIpc) is 3.13. The van der Waals surface area contributed by atoms with E-state index in [1.54, 1.807) is 0 Å². The van der Waals surface area contributed by atoms with Crippen molar-refractivity contribution in [3.63, 3.8) is 0 Å². The fraction of sp³-hybridized carbons (Fsp3) is 0.667. The second-order valence-electron chi connectivity index (χ2n) is 9.07. The Morgan fingerprint density at radius 3 is 2.62 bits per heavy atom. The summed E-state index contributed by atoms with van der Waals surface area (Å²) in [5.74, 6) is 0.775. The van der Waals surface area contributed by atoms with Gasteiger partial charge in [-0.3, -0.25) is 14.4 Å². The highest BCUT2D eigenvalue weighted by atomic mass is 16.6. The van der Waals surface area contributed by atoms with E-state index in [0.29, 0.717) is 35.5 Å². The van der Waals surface area contributed by atoms with Crippen LogP contribution in [0.5, 0.6) is 0 Å². The van der Waals surface area contributed by atoms with Gasteiger partial charge in [0.05, 0.1) is 18.6 Å². The molecule has 4 fully saturated rings. The van der Waals surface area contributed by atoms with Gasteiger partial charge in [0.25, 0.3) is 0 Å². The molecule has 1 spiro atoms. The van der Waals surface area contributed by atoms with E-state index in [1.807, 2.05) is 0 Å². The van der Waals surface area contributed by atoms with E-state index >= 15 is 0 Å². The molecule has 2 aliphatic heterocycles. The van der Waals surface area contributed by atoms with Gasteiger partial charge in [0.2, 0.25) is 0 Å². The molecule has 4 aliphatic carbocycles. The van der Waals surface area contributed by atoms with E-state index in [0.717, 1.165) is 25.7 Å². The summed E-state index contributed by atoms with van der Waals surface area (Å²) >= 11 is 0. The van der Waals surface area contributed by atoms with Crippen molar-refractivity contribution in [2.75, 3.05) is 6.61 Å². The van der Waals surface area contributed by atoms with Gasteiger partial charge in [0.15, 0.2) is 11.6 Å². The van der Waals surface area contributed by atoms with Gasteiger partial charge < -0.3 is 9.47 Å². The van der Waals surface area contributed by atoms with Crippen LogP contribution in [0.3, 0.4) is 0 Å². The highest BCUT2D eigenvalue weighted by Crippen LogP contribution is 2.70. The Morgan fingerprint density at radius 2 is 1.81 bits per heavy atom. The average molecular weight is 354 g/mol. The third-order valence-electron chi connectivity index (χ3n) is 8.33. The smallest absolute Gasteiger partial charge is 0.310 e. The van der Waals surface area contributed by atoms with Gasteiger partial charge in [0.1, 0.15) is 6.10 Å². The molecule has 26 heavy (non-hydrogen) atoms. The van der Waals surface area contributed by atoms with Crippen LogP contribution in [0, 0.1) is 35.0 Å². The number of carbonyl (C=O) groups is 3. The van der Waals surface area contributed by atoms with Crippen LogP contribution in [0.15, 0.2) is 23.3 Å². The molecule has 6 rings (SSSR count). The SMILES string of the molecule is C[C@H]1CO[C@H]2C3=C(C(=O)C=CC3=O)[C@H]3OC(=O)[C@H]4CC[C@H]5[C@H]1CC[C@]25[C@H]43. The monoisotopic (exact) mass is 354 g/mol. The number of esters is 1. The Balaban J connectivity index is 1.64. The molecule has 136 valence electrons. The quantitative estimate of drug-likeness (QED) is 0.492. The molecule has 2 saturated carbocycles. The number of ether oxygens (including phenoxy) is 2. The van der Waals surface area contributed by atoms with Gasteiger partial charge in [-0.1, -0.05) is 6.92 Å². The molecule has 0 radical (unpaired) electrons. The largest absolute Gasteiger partial charge is 0.457 e. The lowest BCUT2D eigenvalue weighted by Crippen LogP contribution is -2.59. The van der Waals surface area contributed by atoms with Crippen LogP contribution in [-0.4, -0.2) is 36.4 Å². The molecule has 0 amide bonds. The lowest BCUT2D eigenvalue weighted by molar-refractivity contribution is -0.143. The first-order chi connectivity index (χ1) is 12.5. The fourth-order valence-electron chi connectivity index (χ4n) is 7.51. The van der Waals surface area contributed by atoms with Crippen molar-refractivity contribution in [1.82, 2.24) is 0 Å². The minimum atomic E-state index is -0.557. The Bertz CT molecular complexity index is 822. The van der Waals surface area contributed by atoms with Crippen molar-refractivity contribution in [2.24, 2.45) is 35.0 Å². The molecule has 0 aromatic heterocycles. The predicted molar refractivity (Wildman–Crippen MR) is 89.8 cm³/mol. The van der Waals surface area contributed by atoms with E-state index in [4.69, 9.17) is 9.47 Å². The zero-order valence-corrected chi connectivity index (χ0v) is 14.8. The normalized spacial score (nSPS) is 51.1. The third-order valence-corrected chi connectivity index (χ3v) is 8.33. The van der Waals surface area contributed by atoms with Crippen LogP contribution in [0.4, 0.5) is 0 Å². The summed E-state index contributed by atoms with van der Waals surface area (Å²) in [5.41, 5.74) is 0.677. The molecule has 2 bridgehead atoms. The molecule has 5 nitrogen and oxygen atoms in total. The fourth-order valence-corrected chi connectivity index (χ4v) is 7.51. The van der Waals surface area contributed by atoms with Gasteiger partial charge in [-0.05, 0) is 55.6 Å². The summed E-state index contributed by atoms with van der Waals surface area (Å²) in [6.07, 6.45) is 5.70. The van der Waals surface area contributed by atoms with Crippen LogP contribution >= 0.6 is 0 Å². The van der Waals surface area contributed by atoms with Gasteiger partial charge in [-0.15, -0.1) is 0 Å². The van der Waals surface area contributed by atoms with Crippen molar-refractivity contribution in [2.45, 2.75) is 44.8 Å². The van der Waals surface area contributed by atoms with Crippen molar-refractivity contribution >= 4 is 17.5 Å². The highest BCUT2D eigenvalue weighted by molar-refractivity contribution is 6.21. The van der Waals surface area contributed by atoms with Crippen LogP contribution < -0.4 is 0 Å². The summed E-state index contributed by atoms with van der Waals surface area (Å²) in [5, 5.41) is 0. The zero-order valence-electron chi connectivity index (χ0n) is 14.8. The van der Waals surface area contributed by atoms with Crippen molar-refractivity contribution in [1.29, 1.82) is 0 Å². The van der Waals surface area contributed by atoms with Crippen LogP contribution in [0.2, 0.25) is 0 Å². The number of hydrogen-bond donors (Lipinski definition) is 0. The zero-order chi connectivity index (χ0) is 17.8. The van der Waals surface area contributed by atoms with Gasteiger partial charge in [-0.2, -0.15) is 0 Å². The topological polar surface area (TPSA) is 69.7 Å². The van der Waals surface area contributed by atoms with Gasteiger partial charge >= 0.3 is 5.97 Å². The molecule has 0 N–H and O–H groups in total. The maximum Gasteiger partial charge on any atom is 0.310 e. The molecule has 2 heterocycles. The summed E-state index contributed by atoms with van der Waals surface area (Å²) in [6.45, 7) is 2.86. The molecule has 0 unspecified atom stereocenters. The first-order valence-corrected chi connectivity index (χ1v) is 9.87. The minimum absolute atomic E-state index is 0.0175. The summed E-state index contributed by atoms with van der Waals surface area (Å²) < 4.78 is 12.2. The molecule has 2 saturated heterocycles. The number of rotatable bonds is 0. The Hall–Kier alpha value is -1.75. The van der Waals surface area contributed by atoms with E-state index < -0.39 is 6.10 Å². The first kappa shape index (κ1) is 15.3. The maximum atomic E-state index is 12.9. The molecular weight excluding hydrogens is 332 g/mol. The van der Waals surface area contributed by atoms with Crippen LogP contribution in [-0.2, 0) is 23.9 Å². The van der Waals surface area contributed by atoms with Gasteiger partial charge in [0, 0.05) is 22.5 Å².